The van der Waals surface area contributed by atoms with Gasteiger partial charge in [0.2, 0.25) is 0 Å². The molecule has 9 heteroatoms. The first kappa shape index (κ1) is 21.2. The highest BCUT2D eigenvalue weighted by atomic mass is 35.5. The number of carbonyl (C=O) groups excluding carboxylic acids is 1. The molecule has 0 unspecified atom stereocenters. The summed E-state index contributed by atoms with van der Waals surface area (Å²) in [5.74, 6) is 0.322. The van der Waals surface area contributed by atoms with Crippen molar-refractivity contribution in [1.82, 2.24) is 4.90 Å². The summed E-state index contributed by atoms with van der Waals surface area (Å²) in [5, 5.41) is 1.04. The van der Waals surface area contributed by atoms with Crippen molar-refractivity contribution in [2.45, 2.75) is 24.8 Å². The second-order valence-corrected chi connectivity index (χ2v) is 11.2. The lowest BCUT2D eigenvalue weighted by molar-refractivity contribution is -0.119. The van der Waals surface area contributed by atoms with E-state index in [0.717, 1.165) is 11.1 Å². The highest BCUT2D eigenvalue weighted by Crippen LogP contribution is 2.39. The fourth-order valence-electron chi connectivity index (χ4n) is 3.53. The van der Waals surface area contributed by atoms with E-state index in [1.54, 1.807) is 24.3 Å². The summed E-state index contributed by atoms with van der Waals surface area (Å²) in [6.07, 6.45) is 0. The number of benzene rings is 2. The van der Waals surface area contributed by atoms with Gasteiger partial charge in [-0.3, -0.25) is 4.79 Å². The summed E-state index contributed by atoms with van der Waals surface area (Å²) in [4.78, 5) is 18.6. The van der Waals surface area contributed by atoms with Gasteiger partial charge in [0, 0.05) is 16.8 Å². The van der Waals surface area contributed by atoms with Gasteiger partial charge in [0.25, 0.3) is 5.91 Å². The molecule has 30 heavy (non-hydrogen) atoms. The molecule has 2 aliphatic rings. The Labute approximate surface area is 185 Å². The molecule has 0 N–H and O–H groups in total. The minimum Gasteiger partial charge on any atom is -0.484 e. The molecule has 2 fully saturated rings. The predicted molar refractivity (Wildman–Crippen MR) is 120 cm³/mol. The number of carbonyl (C=O) groups is 1. The van der Waals surface area contributed by atoms with Crippen molar-refractivity contribution in [3.05, 3.63) is 64.7 Å². The standard InChI is InChI=1S/C21H21ClN2O4S2/c1-14-2-4-15(5-3-14)10-24-18-12-30(26,27)13-19(18)29-21(24)23-20(25)11-28-17-8-6-16(22)7-9-17/h2-9,18-19H,10-13H2,1H3/t18-,19+/m1/s1. The average Bonchev–Trinajstić information content (AvgIpc) is 3.15. The number of hydrogen-bond donors (Lipinski definition) is 0. The number of aliphatic imine (C=N–C) groups is 1. The lowest BCUT2D eigenvalue weighted by Gasteiger charge is -2.24. The lowest BCUT2D eigenvalue weighted by atomic mass is 10.1. The summed E-state index contributed by atoms with van der Waals surface area (Å²) in [5.41, 5.74) is 2.20. The third-order valence-electron chi connectivity index (χ3n) is 5.04. The second kappa shape index (κ2) is 8.61. The van der Waals surface area contributed by atoms with Crippen molar-refractivity contribution in [2.75, 3.05) is 18.1 Å². The smallest absolute Gasteiger partial charge is 0.285 e. The summed E-state index contributed by atoms with van der Waals surface area (Å²) in [7, 11) is -3.08. The van der Waals surface area contributed by atoms with E-state index in [4.69, 9.17) is 16.3 Å². The Morgan fingerprint density at radius 2 is 1.87 bits per heavy atom. The maximum atomic E-state index is 12.4. The van der Waals surface area contributed by atoms with Crippen molar-refractivity contribution < 1.29 is 17.9 Å². The van der Waals surface area contributed by atoms with Crippen LogP contribution in [0.1, 0.15) is 11.1 Å². The molecular formula is C21H21ClN2O4S2. The molecule has 6 nitrogen and oxygen atoms in total. The minimum absolute atomic E-state index is 0.0883. The van der Waals surface area contributed by atoms with Crippen molar-refractivity contribution in [3.8, 4) is 5.75 Å². The van der Waals surface area contributed by atoms with Gasteiger partial charge >= 0.3 is 0 Å². The van der Waals surface area contributed by atoms with Crippen LogP contribution in [0, 0.1) is 6.92 Å². The van der Waals surface area contributed by atoms with Crippen LogP contribution < -0.4 is 4.74 Å². The molecule has 2 aliphatic heterocycles. The van der Waals surface area contributed by atoms with Crippen LogP contribution in [0.15, 0.2) is 53.5 Å². The highest BCUT2D eigenvalue weighted by Gasteiger charge is 2.48. The molecule has 2 atom stereocenters. The van der Waals surface area contributed by atoms with E-state index in [1.165, 1.54) is 11.8 Å². The number of aryl methyl sites for hydroxylation is 1. The van der Waals surface area contributed by atoms with Gasteiger partial charge in [-0.15, -0.1) is 0 Å². The molecule has 0 aromatic heterocycles. The first-order valence-electron chi connectivity index (χ1n) is 9.48. The van der Waals surface area contributed by atoms with Gasteiger partial charge in [-0.25, -0.2) is 8.42 Å². The number of nitrogens with zero attached hydrogens (tertiary/aromatic N) is 2. The normalized spacial score (nSPS) is 23.5. The van der Waals surface area contributed by atoms with E-state index >= 15 is 0 Å². The van der Waals surface area contributed by atoms with Crippen LogP contribution in [0.4, 0.5) is 0 Å². The summed E-state index contributed by atoms with van der Waals surface area (Å²) >= 11 is 7.22. The van der Waals surface area contributed by atoms with E-state index in [-0.39, 0.29) is 29.4 Å². The predicted octanol–water partition coefficient (Wildman–Crippen LogP) is 3.32. The Balaban J connectivity index is 1.50. The number of sulfone groups is 1. The van der Waals surface area contributed by atoms with E-state index < -0.39 is 15.7 Å². The van der Waals surface area contributed by atoms with Gasteiger partial charge in [-0.05, 0) is 36.8 Å². The molecular weight excluding hydrogens is 444 g/mol. The average molecular weight is 465 g/mol. The monoisotopic (exact) mass is 464 g/mol. The maximum Gasteiger partial charge on any atom is 0.285 e. The topological polar surface area (TPSA) is 76.0 Å². The van der Waals surface area contributed by atoms with Crippen molar-refractivity contribution in [2.24, 2.45) is 4.99 Å². The van der Waals surface area contributed by atoms with Crippen molar-refractivity contribution >= 4 is 44.3 Å². The van der Waals surface area contributed by atoms with Crippen LogP contribution in [0.2, 0.25) is 5.02 Å². The Morgan fingerprint density at radius 1 is 1.17 bits per heavy atom. The van der Waals surface area contributed by atoms with Gasteiger partial charge in [0.1, 0.15) is 5.75 Å². The number of fused-ring (bicyclic) bond motifs is 1. The molecule has 0 spiro atoms. The van der Waals surface area contributed by atoms with Crippen LogP contribution in [0.3, 0.4) is 0 Å². The van der Waals surface area contributed by atoms with E-state index in [1.807, 2.05) is 36.1 Å². The number of halogens is 1. The van der Waals surface area contributed by atoms with Gasteiger partial charge in [-0.2, -0.15) is 4.99 Å². The van der Waals surface area contributed by atoms with Crippen molar-refractivity contribution in [3.63, 3.8) is 0 Å². The molecule has 1 amide bonds. The van der Waals surface area contributed by atoms with E-state index in [9.17, 15) is 13.2 Å². The zero-order valence-electron chi connectivity index (χ0n) is 16.3. The highest BCUT2D eigenvalue weighted by molar-refractivity contribution is 8.15. The zero-order chi connectivity index (χ0) is 21.3. The molecule has 158 valence electrons. The summed E-state index contributed by atoms with van der Waals surface area (Å²) in [6.45, 7) is 2.33. The number of thioether (sulfide) groups is 1. The quantitative estimate of drug-likeness (QED) is 0.675. The van der Waals surface area contributed by atoms with E-state index in [2.05, 4.69) is 4.99 Å². The van der Waals surface area contributed by atoms with Gasteiger partial charge in [-0.1, -0.05) is 53.2 Å². The number of amidine groups is 1. The summed E-state index contributed by atoms with van der Waals surface area (Å²) in [6, 6.07) is 14.6. The Morgan fingerprint density at radius 3 is 2.57 bits per heavy atom. The Hall–Kier alpha value is -2.03. The Kier molecular flexibility index (Phi) is 6.09. The fourth-order valence-corrected chi connectivity index (χ4v) is 7.62. The van der Waals surface area contributed by atoms with Crippen LogP contribution in [0.25, 0.3) is 0 Å². The first-order chi connectivity index (χ1) is 14.3. The number of ether oxygens (including phenoxy) is 1. The largest absolute Gasteiger partial charge is 0.484 e. The fraction of sp³-hybridized carbons (Fsp3) is 0.333. The van der Waals surface area contributed by atoms with Gasteiger partial charge < -0.3 is 9.64 Å². The SMILES string of the molecule is Cc1ccc(CN2C(=NC(=O)COc3ccc(Cl)cc3)S[C@H]3CS(=O)(=O)C[C@H]32)cc1. The molecule has 4 rings (SSSR count). The molecule has 0 aliphatic carbocycles. The number of hydrogen-bond acceptors (Lipinski definition) is 5. The minimum atomic E-state index is -3.08. The molecule has 0 bridgehead atoms. The van der Waals surface area contributed by atoms with Crippen LogP contribution in [-0.2, 0) is 21.2 Å². The van der Waals surface area contributed by atoms with Crippen LogP contribution in [0.5, 0.6) is 5.75 Å². The number of amides is 1. The molecule has 2 heterocycles. The van der Waals surface area contributed by atoms with E-state index in [0.29, 0.717) is 22.5 Å². The molecule has 2 saturated heterocycles. The first-order valence-corrected chi connectivity index (χ1v) is 12.6. The molecule has 2 aromatic rings. The van der Waals surface area contributed by atoms with Crippen LogP contribution in [-0.4, -0.2) is 53.8 Å². The van der Waals surface area contributed by atoms with Gasteiger partial charge in [0.15, 0.2) is 21.6 Å². The molecule has 0 radical (unpaired) electrons. The summed E-state index contributed by atoms with van der Waals surface area (Å²) < 4.78 is 29.7. The zero-order valence-corrected chi connectivity index (χ0v) is 18.7. The molecule has 0 saturated carbocycles. The van der Waals surface area contributed by atoms with Gasteiger partial charge in [0.05, 0.1) is 17.5 Å². The molecule has 2 aromatic carbocycles. The third kappa shape index (κ3) is 4.99. The lowest BCUT2D eigenvalue weighted by Crippen LogP contribution is -2.37. The second-order valence-electron chi connectivity index (χ2n) is 7.44. The van der Waals surface area contributed by atoms with Crippen molar-refractivity contribution in [1.29, 1.82) is 0 Å². The van der Waals surface area contributed by atoms with Crippen LogP contribution >= 0.6 is 23.4 Å². The maximum absolute atomic E-state index is 12.4. The number of rotatable bonds is 5. The Bertz CT molecular complexity index is 1070. The third-order valence-corrected chi connectivity index (χ3v) is 8.54.